The number of hydrogen-bond acceptors (Lipinski definition) is 3. The standard InChI is InChI=1S/C16H22O3/c1-10-6-7-18-15(10)14(17)11-4-5-13-12(8-11)9-16(2,3)19-13/h4-5,8,10,14-15,17H,6-7,9H2,1-3H3. The summed E-state index contributed by atoms with van der Waals surface area (Å²) in [6, 6.07) is 6.00. The topological polar surface area (TPSA) is 38.7 Å². The summed E-state index contributed by atoms with van der Waals surface area (Å²) >= 11 is 0. The highest BCUT2D eigenvalue weighted by atomic mass is 16.5. The van der Waals surface area contributed by atoms with Crippen molar-refractivity contribution in [2.45, 2.75) is 51.4 Å². The average Bonchev–Trinajstić information content (AvgIpc) is 2.88. The van der Waals surface area contributed by atoms with Crippen LogP contribution in [-0.2, 0) is 11.2 Å². The Balaban J connectivity index is 1.83. The fourth-order valence-corrected chi connectivity index (χ4v) is 3.12. The van der Waals surface area contributed by atoms with Gasteiger partial charge in [0.15, 0.2) is 0 Å². The summed E-state index contributed by atoms with van der Waals surface area (Å²) in [7, 11) is 0. The summed E-state index contributed by atoms with van der Waals surface area (Å²) in [6.45, 7) is 7.07. The van der Waals surface area contributed by atoms with Crippen molar-refractivity contribution in [2.24, 2.45) is 5.92 Å². The van der Waals surface area contributed by atoms with Crippen molar-refractivity contribution in [3.8, 4) is 5.75 Å². The molecule has 3 heteroatoms. The molecular formula is C16H22O3. The van der Waals surface area contributed by atoms with Crippen molar-refractivity contribution in [3.63, 3.8) is 0 Å². The SMILES string of the molecule is CC1CCOC1C(O)c1ccc2c(c1)CC(C)(C)O2. The lowest BCUT2D eigenvalue weighted by atomic mass is 9.92. The molecule has 1 aromatic carbocycles. The molecule has 3 rings (SSSR count). The molecule has 3 unspecified atom stereocenters. The van der Waals surface area contributed by atoms with Crippen LogP contribution in [0, 0.1) is 5.92 Å². The van der Waals surface area contributed by atoms with E-state index < -0.39 is 6.10 Å². The minimum Gasteiger partial charge on any atom is -0.487 e. The highest BCUT2D eigenvalue weighted by molar-refractivity contribution is 5.42. The van der Waals surface area contributed by atoms with Crippen LogP contribution in [0.3, 0.4) is 0 Å². The molecule has 3 atom stereocenters. The maximum absolute atomic E-state index is 10.5. The van der Waals surface area contributed by atoms with Crippen molar-refractivity contribution in [1.82, 2.24) is 0 Å². The van der Waals surface area contributed by atoms with Gasteiger partial charge in [-0.05, 0) is 49.4 Å². The predicted molar refractivity (Wildman–Crippen MR) is 73.3 cm³/mol. The van der Waals surface area contributed by atoms with Crippen LogP contribution in [0.15, 0.2) is 18.2 Å². The maximum atomic E-state index is 10.5. The van der Waals surface area contributed by atoms with E-state index in [1.54, 1.807) is 0 Å². The summed E-state index contributed by atoms with van der Waals surface area (Å²) in [5, 5.41) is 10.5. The minimum absolute atomic E-state index is 0.0756. The van der Waals surface area contributed by atoms with Crippen LogP contribution >= 0.6 is 0 Å². The zero-order valence-electron chi connectivity index (χ0n) is 11.8. The molecule has 104 valence electrons. The lowest BCUT2D eigenvalue weighted by molar-refractivity contribution is -0.0178. The van der Waals surface area contributed by atoms with Gasteiger partial charge < -0.3 is 14.6 Å². The molecule has 3 nitrogen and oxygen atoms in total. The van der Waals surface area contributed by atoms with Crippen molar-refractivity contribution in [2.75, 3.05) is 6.61 Å². The molecule has 0 spiro atoms. The minimum atomic E-state index is -0.536. The van der Waals surface area contributed by atoms with Crippen LogP contribution in [-0.4, -0.2) is 23.4 Å². The van der Waals surface area contributed by atoms with E-state index in [0.717, 1.165) is 30.8 Å². The van der Waals surface area contributed by atoms with Gasteiger partial charge in [0.05, 0.1) is 6.10 Å². The molecule has 2 heterocycles. The monoisotopic (exact) mass is 262 g/mol. The van der Waals surface area contributed by atoms with Crippen LogP contribution in [0.1, 0.15) is 44.4 Å². The van der Waals surface area contributed by atoms with E-state index in [0.29, 0.717) is 5.92 Å². The van der Waals surface area contributed by atoms with Crippen molar-refractivity contribution < 1.29 is 14.6 Å². The van der Waals surface area contributed by atoms with Gasteiger partial charge in [0.25, 0.3) is 0 Å². The van der Waals surface area contributed by atoms with Crippen molar-refractivity contribution in [3.05, 3.63) is 29.3 Å². The Morgan fingerprint density at radius 3 is 2.84 bits per heavy atom. The lowest BCUT2D eigenvalue weighted by Crippen LogP contribution is -2.24. The zero-order chi connectivity index (χ0) is 13.6. The van der Waals surface area contributed by atoms with Gasteiger partial charge in [-0.15, -0.1) is 0 Å². The summed E-state index contributed by atoms with van der Waals surface area (Å²) < 4.78 is 11.5. The lowest BCUT2D eigenvalue weighted by Gasteiger charge is -2.22. The molecule has 0 saturated carbocycles. The molecule has 2 aliphatic heterocycles. The Morgan fingerprint density at radius 1 is 1.37 bits per heavy atom. The Morgan fingerprint density at radius 2 is 2.16 bits per heavy atom. The molecule has 0 aromatic heterocycles. The third kappa shape index (κ3) is 2.37. The summed E-state index contributed by atoms with van der Waals surface area (Å²) in [5.41, 5.74) is 1.99. The quantitative estimate of drug-likeness (QED) is 0.890. The highest BCUT2D eigenvalue weighted by Crippen LogP contribution is 2.38. The van der Waals surface area contributed by atoms with E-state index in [1.807, 2.05) is 12.1 Å². The molecule has 2 aliphatic rings. The molecule has 1 aromatic rings. The molecule has 0 bridgehead atoms. The molecule has 19 heavy (non-hydrogen) atoms. The normalized spacial score (nSPS) is 29.9. The molecule has 0 amide bonds. The summed E-state index contributed by atoms with van der Waals surface area (Å²) in [5.74, 6) is 1.36. The average molecular weight is 262 g/mol. The van der Waals surface area contributed by atoms with E-state index >= 15 is 0 Å². The molecule has 0 aliphatic carbocycles. The molecular weight excluding hydrogens is 240 g/mol. The molecule has 0 radical (unpaired) electrons. The first-order valence-electron chi connectivity index (χ1n) is 7.08. The van der Waals surface area contributed by atoms with Gasteiger partial charge >= 0.3 is 0 Å². The first-order chi connectivity index (χ1) is 8.96. The van der Waals surface area contributed by atoms with Crippen LogP contribution in [0.5, 0.6) is 5.75 Å². The fraction of sp³-hybridized carbons (Fsp3) is 0.625. The van der Waals surface area contributed by atoms with Crippen LogP contribution < -0.4 is 4.74 Å². The van der Waals surface area contributed by atoms with Gasteiger partial charge in [0, 0.05) is 13.0 Å². The van der Waals surface area contributed by atoms with Gasteiger partial charge in [0.1, 0.15) is 17.5 Å². The Labute approximate surface area is 114 Å². The Kier molecular flexibility index (Phi) is 3.06. The number of aliphatic hydroxyl groups excluding tert-OH is 1. The largest absolute Gasteiger partial charge is 0.487 e. The van der Waals surface area contributed by atoms with Crippen molar-refractivity contribution >= 4 is 0 Å². The van der Waals surface area contributed by atoms with Gasteiger partial charge in [0.2, 0.25) is 0 Å². The molecule has 1 N–H and O–H groups in total. The second-order valence-corrected chi connectivity index (χ2v) is 6.45. The third-order valence-corrected chi connectivity index (χ3v) is 4.18. The number of fused-ring (bicyclic) bond motifs is 1. The van der Waals surface area contributed by atoms with Crippen LogP contribution in [0.4, 0.5) is 0 Å². The number of aliphatic hydroxyl groups is 1. The summed E-state index contributed by atoms with van der Waals surface area (Å²) in [4.78, 5) is 0. The second kappa shape index (κ2) is 4.50. The zero-order valence-corrected chi connectivity index (χ0v) is 11.8. The smallest absolute Gasteiger partial charge is 0.123 e. The number of ether oxygens (including phenoxy) is 2. The molecule has 1 saturated heterocycles. The van der Waals surface area contributed by atoms with E-state index in [2.05, 4.69) is 26.8 Å². The maximum Gasteiger partial charge on any atom is 0.123 e. The Bertz CT molecular complexity index is 481. The highest BCUT2D eigenvalue weighted by Gasteiger charge is 2.34. The third-order valence-electron chi connectivity index (χ3n) is 4.18. The van der Waals surface area contributed by atoms with Gasteiger partial charge in [-0.3, -0.25) is 0 Å². The first kappa shape index (κ1) is 12.9. The Hall–Kier alpha value is -1.06. The van der Waals surface area contributed by atoms with Gasteiger partial charge in [-0.1, -0.05) is 13.0 Å². The fourth-order valence-electron chi connectivity index (χ4n) is 3.12. The van der Waals surface area contributed by atoms with Gasteiger partial charge in [-0.25, -0.2) is 0 Å². The van der Waals surface area contributed by atoms with Crippen molar-refractivity contribution in [1.29, 1.82) is 0 Å². The van der Waals surface area contributed by atoms with Gasteiger partial charge in [-0.2, -0.15) is 0 Å². The summed E-state index contributed by atoms with van der Waals surface area (Å²) in [6.07, 6.45) is 1.31. The van der Waals surface area contributed by atoms with E-state index in [-0.39, 0.29) is 11.7 Å². The van der Waals surface area contributed by atoms with Crippen LogP contribution in [0.25, 0.3) is 0 Å². The predicted octanol–water partition coefficient (Wildman–Crippen LogP) is 2.86. The number of benzene rings is 1. The second-order valence-electron chi connectivity index (χ2n) is 6.45. The number of rotatable bonds is 2. The van der Waals surface area contributed by atoms with E-state index in [9.17, 15) is 5.11 Å². The van der Waals surface area contributed by atoms with E-state index in [1.165, 1.54) is 5.56 Å². The molecule has 1 fully saturated rings. The van der Waals surface area contributed by atoms with Crippen LogP contribution in [0.2, 0.25) is 0 Å². The van der Waals surface area contributed by atoms with E-state index in [4.69, 9.17) is 9.47 Å². The number of hydrogen-bond donors (Lipinski definition) is 1. The first-order valence-corrected chi connectivity index (χ1v) is 7.08.